The molecule has 0 amide bonds. The Morgan fingerprint density at radius 2 is 1.97 bits per heavy atom. The zero-order chi connectivity index (χ0) is 22.4. The van der Waals surface area contributed by atoms with E-state index in [0.29, 0.717) is 35.3 Å². The minimum absolute atomic E-state index is 0.0154. The van der Waals surface area contributed by atoms with Crippen LogP contribution >= 0.6 is 0 Å². The molecule has 0 saturated carbocycles. The van der Waals surface area contributed by atoms with Crippen LogP contribution in [-0.2, 0) is 21.2 Å². The molecule has 2 unspecified atom stereocenters. The van der Waals surface area contributed by atoms with Crippen molar-refractivity contribution >= 4 is 16.0 Å². The monoisotopic (exact) mass is 450 g/mol. The number of rotatable bonds is 9. The third kappa shape index (κ3) is 6.49. The van der Waals surface area contributed by atoms with Gasteiger partial charge in [-0.3, -0.25) is 4.79 Å². The summed E-state index contributed by atoms with van der Waals surface area (Å²) in [6, 6.07) is 11.5. The number of piperidine rings is 1. The molecule has 9 heteroatoms. The molecule has 1 heterocycles. The Bertz CT molecular complexity index is 1030. The number of hydrogen-bond acceptors (Lipinski definition) is 5. The van der Waals surface area contributed by atoms with E-state index < -0.39 is 21.8 Å². The lowest BCUT2D eigenvalue weighted by atomic mass is 9.91. The molecule has 31 heavy (non-hydrogen) atoms. The molecule has 3 rings (SSSR count). The highest BCUT2D eigenvalue weighted by Crippen LogP contribution is 2.33. The van der Waals surface area contributed by atoms with E-state index in [1.807, 2.05) is 0 Å². The zero-order valence-corrected chi connectivity index (χ0v) is 18.1. The minimum atomic E-state index is -3.37. The average molecular weight is 451 g/mol. The van der Waals surface area contributed by atoms with Gasteiger partial charge >= 0.3 is 5.97 Å². The van der Waals surface area contributed by atoms with Crippen molar-refractivity contribution in [2.45, 2.75) is 37.8 Å². The van der Waals surface area contributed by atoms with E-state index >= 15 is 4.39 Å². The van der Waals surface area contributed by atoms with Gasteiger partial charge in [-0.05, 0) is 37.4 Å². The van der Waals surface area contributed by atoms with Crippen LogP contribution in [0.15, 0.2) is 42.5 Å². The maximum Gasteiger partial charge on any atom is 0.306 e. The van der Waals surface area contributed by atoms with Crippen LogP contribution in [0.4, 0.5) is 4.39 Å². The fraction of sp³-hybridized carbons (Fsp3) is 0.409. The van der Waals surface area contributed by atoms with E-state index in [1.165, 1.54) is 0 Å². The van der Waals surface area contributed by atoms with Gasteiger partial charge in [-0.2, -0.15) is 0 Å². The van der Waals surface area contributed by atoms with Crippen molar-refractivity contribution in [2.24, 2.45) is 0 Å². The second-order valence-electron chi connectivity index (χ2n) is 7.67. The van der Waals surface area contributed by atoms with Gasteiger partial charge in [0.1, 0.15) is 11.6 Å². The molecule has 168 valence electrons. The molecule has 1 aliphatic rings. The summed E-state index contributed by atoms with van der Waals surface area (Å²) in [5.41, 5.74) is 1.36. The molecule has 7 nitrogen and oxygen atoms in total. The molecule has 1 fully saturated rings. The third-order valence-electron chi connectivity index (χ3n) is 5.22. The number of benzene rings is 2. The Hall–Kier alpha value is -2.49. The lowest BCUT2D eigenvalue weighted by Crippen LogP contribution is -2.54. The molecule has 2 atom stereocenters. The standard InChI is InChI=1S/C22H27FN2O5S/c1-31(28,29)25-18-9-5-12-24-19(18)14-15-6-4-8-17(22(15)23)16-7-2-3-10-20(16)30-13-11-21(26)27/h2-4,6-8,10,18-19,24-25H,5,9,11-14H2,1H3,(H,26,27). The first-order valence-corrected chi connectivity index (χ1v) is 12.1. The Labute approximate surface area is 181 Å². The Morgan fingerprint density at radius 1 is 1.23 bits per heavy atom. The maximum atomic E-state index is 15.5. The van der Waals surface area contributed by atoms with E-state index in [1.54, 1.807) is 42.5 Å². The van der Waals surface area contributed by atoms with Crippen LogP contribution in [0.5, 0.6) is 5.75 Å². The van der Waals surface area contributed by atoms with Crippen molar-refractivity contribution in [3.05, 3.63) is 53.8 Å². The summed E-state index contributed by atoms with van der Waals surface area (Å²) < 4.78 is 47.1. The zero-order valence-electron chi connectivity index (χ0n) is 17.3. The van der Waals surface area contributed by atoms with Gasteiger partial charge in [0.15, 0.2) is 0 Å². The largest absolute Gasteiger partial charge is 0.492 e. The summed E-state index contributed by atoms with van der Waals surface area (Å²) in [4.78, 5) is 10.8. The van der Waals surface area contributed by atoms with Gasteiger partial charge in [0.05, 0.1) is 19.3 Å². The van der Waals surface area contributed by atoms with E-state index in [-0.39, 0.29) is 25.1 Å². The van der Waals surface area contributed by atoms with Crippen molar-refractivity contribution in [1.82, 2.24) is 10.0 Å². The van der Waals surface area contributed by atoms with Crippen molar-refractivity contribution in [3.8, 4) is 16.9 Å². The topological polar surface area (TPSA) is 105 Å². The molecule has 1 aliphatic heterocycles. The van der Waals surface area contributed by atoms with Gasteiger partial charge in [-0.1, -0.05) is 36.4 Å². The summed E-state index contributed by atoms with van der Waals surface area (Å²) in [6.07, 6.45) is 2.83. The molecule has 0 spiro atoms. The van der Waals surface area contributed by atoms with Gasteiger partial charge in [-0.15, -0.1) is 0 Å². The average Bonchev–Trinajstić information content (AvgIpc) is 2.70. The van der Waals surface area contributed by atoms with Gasteiger partial charge in [0.25, 0.3) is 0 Å². The van der Waals surface area contributed by atoms with Gasteiger partial charge in [-0.25, -0.2) is 17.5 Å². The summed E-state index contributed by atoms with van der Waals surface area (Å²) in [5.74, 6) is -0.961. The molecule has 0 aromatic heterocycles. The molecular weight excluding hydrogens is 423 g/mol. The quantitative estimate of drug-likeness (QED) is 0.542. The summed E-state index contributed by atoms with van der Waals surface area (Å²) >= 11 is 0. The number of carbonyl (C=O) groups is 1. The Balaban J connectivity index is 1.84. The molecular formula is C22H27FN2O5S. The molecule has 0 aliphatic carbocycles. The lowest BCUT2D eigenvalue weighted by molar-refractivity contribution is -0.137. The Kier molecular flexibility index (Phi) is 7.64. The number of aliphatic carboxylic acids is 1. The van der Waals surface area contributed by atoms with Crippen LogP contribution in [-0.4, -0.2) is 51.0 Å². The molecule has 2 aromatic rings. The summed E-state index contributed by atoms with van der Waals surface area (Å²) in [7, 11) is -3.37. The van der Waals surface area contributed by atoms with Crippen molar-refractivity contribution in [3.63, 3.8) is 0 Å². The van der Waals surface area contributed by atoms with Gasteiger partial charge < -0.3 is 15.2 Å². The highest BCUT2D eigenvalue weighted by molar-refractivity contribution is 7.88. The number of para-hydroxylation sites is 1. The summed E-state index contributed by atoms with van der Waals surface area (Å²) in [5, 5.41) is 12.1. The molecule has 2 aromatic carbocycles. The highest BCUT2D eigenvalue weighted by atomic mass is 32.2. The number of halogens is 1. The number of hydrogen-bond donors (Lipinski definition) is 3. The van der Waals surface area contributed by atoms with Gasteiger partial charge in [0, 0.05) is 23.2 Å². The van der Waals surface area contributed by atoms with Crippen molar-refractivity contribution in [2.75, 3.05) is 19.4 Å². The lowest BCUT2D eigenvalue weighted by Gasteiger charge is -2.33. The Morgan fingerprint density at radius 3 is 2.71 bits per heavy atom. The predicted molar refractivity (Wildman–Crippen MR) is 116 cm³/mol. The highest BCUT2D eigenvalue weighted by Gasteiger charge is 2.28. The van der Waals surface area contributed by atoms with E-state index in [2.05, 4.69) is 10.0 Å². The van der Waals surface area contributed by atoms with Crippen LogP contribution < -0.4 is 14.8 Å². The number of carboxylic acid groups (broad SMARTS) is 1. The number of sulfonamides is 1. The second-order valence-corrected chi connectivity index (χ2v) is 9.45. The van der Waals surface area contributed by atoms with E-state index in [0.717, 1.165) is 19.2 Å². The molecule has 0 radical (unpaired) electrons. The fourth-order valence-corrected chi connectivity index (χ4v) is 4.66. The number of nitrogens with one attached hydrogen (secondary N) is 2. The second kappa shape index (κ2) is 10.2. The maximum absolute atomic E-state index is 15.5. The van der Waals surface area contributed by atoms with Crippen LogP contribution in [0, 0.1) is 5.82 Å². The summed E-state index contributed by atoms with van der Waals surface area (Å²) in [6.45, 7) is 0.729. The van der Waals surface area contributed by atoms with Crippen molar-refractivity contribution < 1.29 is 27.4 Å². The number of carboxylic acids is 1. The first kappa shape index (κ1) is 23.2. The first-order chi connectivity index (χ1) is 14.7. The minimum Gasteiger partial charge on any atom is -0.492 e. The normalized spacial score (nSPS) is 19.2. The van der Waals surface area contributed by atoms with Crippen LogP contribution in [0.2, 0.25) is 0 Å². The molecule has 1 saturated heterocycles. The smallest absolute Gasteiger partial charge is 0.306 e. The number of ether oxygens (including phenoxy) is 1. The van der Waals surface area contributed by atoms with Crippen molar-refractivity contribution in [1.29, 1.82) is 0 Å². The predicted octanol–water partition coefficient (Wildman–Crippen LogP) is 2.56. The molecule has 0 bridgehead atoms. The van der Waals surface area contributed by atoms with Gasteiger partial charge in [0.2, 0.25) is 10.0 Å². The molecule has 3 N–H and O–H groups in total. The SMILES string of the molecule is CS(=O)(=O)NC1CCCNC1Cc1cccc(-c2ccccc2OCCC(=O)O)c1F. The van der Waals surface area contributed by atoms with Crippen LogP contribution in [0.3, 0.4) is 0 Å². The van der Waals surface area contributed by atoms with E-state index in [9.17, 15) is 13.2 Å². The third-order valence-corrected chi connectivity index (χ3v) is 5.95. The van der Waals surface area contributed by atoms with Crippen LogP contribution in [0.1, 0.15) is 24.8 Å². The first-order valence-electron chi connectivity index (χ1n) is 10.2. The van der Waals surface area contributed by atoms with E-state index in [4.69, 9.17) is 9.84 Å². The van der Waals surface area contributed by atoms with Crippen LogP contribution in [0.25, 0.3) is 11.1 Å². The fourth-order valence-electron chi connectivity index (χ4n) is 3.83.